The molecule has 59 valence electrons. The van der Waals surface area contributed by atoms with Crippen molar-refractivity contribution in [3.63, 3.8) is 0 Å². The maximum absolute atomic E-state index is 11.4. The highest BCUT2D eigenvalue weighted by Crippen LogP contribution is 2.30. The second kappa shape index (κ2) is 2.41. The third-order valence-electron chi connectivity index (χ3n) is 1.91. The Balaban J connectivity index is 2.91. The zero-order chi connectivity index (χ0) is 8.55. The molecule has 2 aromatic carbocycles. The Morgan fingerprint density at radius 2 is 1.75 bits per heavy atom. The monoisotopic (exact) mass is 158 g/mol. The Kier molecular flexibility index (Phi) is 1.40. The Bertz CT molecular complexity index is 423. The SMILES string of the molecule is Nc1ccc2ccccc2c1[O]. The van der Waals surface area contributed by atoms with E-state index in [9.17, 15) is 5.11 Å². The minimum absolute atomic E-state index is 0.0758. The molecule has 0 aliphatic carbocycles. The zero-order valence-corrected chi connectivity index (χ0v) is 6.45. The van der Waals surface area contributed by atoms with E-state index in [4.69, 9.17) is 5.73 Å². The van der Waals surface area contributed by atoms with Gasteiger partial charge in [-0.3, -0.25) is 5.11 Å². The number of benzene rings is 2. The summed E-state index contributed by atoms with van der Waals surface area (Å²) in [5.74, 6) is -0.0758. The van der Waals surface area contributed by atoms with Gasteiger partial charge < -0.3 is 5.73 Å². The summed E-state index contributed by atoms with van der Waals surface area (Å²) in [6.45, 7) is 0. The van der Waals surface area contributed by atoms with Crippen molar-refractivity contribution in [3.05, 3.63) is 36.4 Å². The lowest BCUT2D eigenvalue weighted by atomic mass is 10.1. The van der Waals surface area contributed by atoms with Crippen LogP contribution in [0.4, 0.5) is 5.69 Å². The molecule has 0 spiro atoms. The summed E-state index contributed by atoms with van der Waals surface area (Å²) < 4.78 is 0. The molecule has 1 radical (unpaired) electrons. The molecular formula is C10H8NO. The maximum Gasteiger partial charge on any atom is 0.209 e. The van der Waals surface area contributed by atoms with Gasteiger partial charge in [0.2, 0.25) is 5.75 Å². The van der Waals surface area contributed by atoms with Gasteiger partial charge in [0.1, 0.15) is 0 Å². The van der Waals surface area contributed by atoms with E-state index in [1.165, 1.54) is 0 Å². The normalized spacial score (nSPS) is 10.3. The molecule has 0 aromatic heterocycles. The van der Waals surface area contributed by atoms with Crippen molar-refractivity contribution in [2.24, 2.45) is 0 Å². The number of nitrogen functional groups attached to an aromatic ring is 1. The van der Waals surface area contributed by atoms with E-state index in [-0.39, 0.29) is 5.75 Å². The quantitative estimate of drug-likeness (QED) is 0.588. The molecule has 2 heteroatoms. The van der Waals surface area contributed by atoms with Crippen LogP contribution < -0.4 is 5.73 Å². The first-order chi connectivity index (χ1) is 5.79. The highest BCUT2D eigenvalue weighted by molar-refractivity contribution is 5.92. The Morgan fingerprint density at radius 1 is 1.00 bits per heavy atom. The van der Waals surface area contributed by atoms with E-state index >= 15 is 0 Å². The lowest BCUT2D eigenvalue weighted by molar-refractivity contribution is 0.362. The molecule has 12 heavy (non-hydrogen) atoms. The fourth-order valence-electron chi connectivity index (χ4n) is 1.26. The third-order valence-corrected chi connectivity index (χ3v) is 1.91. The van der Waals surface area contributed by atoms with Crippen molar-refractivity contribution in [2.45, 2.75) is 0 Å². The predicted octanol–water partition coefficient (Wildman–Crippen LogP) is 2.57. The largest absolute Gasteiger partial charge is 0.396 e. The molecule has 0 aliphatic rings. The highest BCUT2D eigenvalue weighted by Gasteiger charge is 2.03. The van der Waals surface area contributed by atoms with E-state index in [1.54, 1.807) is 12.1 Å². The van der Waals surface area contributed by atoms with Crippen LogP contribution in [-0.4, -0.2) is 0 Å². The second-order valence-corrected chi connectivity index (χ2v) is 2.71. The Morgan fingerprint density at radius 3 is 2.58 bits per heavy atom. The van der Waals surface area contributed by atoms with Crippen LogP contribution in [0.15, 0.2) is 36.4 Å². The molecule has 0 fully saturated rings. The summed E-state index contributed by atoms with van der Waals surface area (Å²) >= 11 is 0. The molecular weight excluding hydrogens is 150 g/mol. The molecule has 0 saturated heterocycles. The smallest absolute Gasteiger partial charge is 0.209 e. The molecule has 2 N–H and O–H groups in total. The lowest BCUT2D eigenvalue weighted by Gasteiger charge is -1.99. The Hall–Kier alpha value is -1.70. The maximum atomic E-state index is 11.4. The molecule has 0 unspecified atom stereocenters. The summed E-state index contributed by atoms with van der Waals surface area (Å²) in [5.41, 5.74) is 5.79. The van der Waals surface area contributed by atoms with Crippen molar-refractivity contribution >= 4 is 16.5 Å². The van der Waals surface area contributed by atoms with Gasteiger partial charge >= 0.3 is 0 Å². The molecule has 0 bridgehead atoms. The number of rotatable bonds is 0. The van der Waals surface area contributed by atoms with Crippen LogP contribution in [0.5, 0.6) is 5.75 Å². The van der Waals surface area contributed by atoms with Crippen LogP contribution in [0.2, 0.25) is 0 Å². The molecule has 0 heterocycles. The van der Waals surface area contributed by atoms with Gasteiger partial charge in [0.25, 0.3) is 0 Å². The number of nitrogens with two attached hydrogens (primary N) is 1. The van der Waals surface area contributed by atoms with E-state index < -0.39 is 0 Å². The summed E-state index contributed by atoms with van der Waals surface area (Å²) in [5, 5.41) is 13.0. The first kappa shape index (κ1) is 6.98. The van der Waals surface area contributed by atoms with Crippen molar-refractivity contribution in [2.75, 3.05) is 5.73 Å². The third kappa shape index (κ3) is 0.889. The number of hydrogen-bond acceptors (Lipinski definition) is 1. The van der Waals surface area contributed by atoms with Crippen molar-refractivity contribution in [1.82, 2.24) is 0 Å². The summed E-state index contributed by atoms with van der Waals surface area (Å²) in [6.07, 6.45) is 0. The number of hydrogen-bond donors (Lipinski definition) is 1. The van der Waals surface area contributed by atoms with Crippen molar-refractivity contribution in [1.29, 1.82) is 0 Å². The van der Waals surface area contributed by atoms with Gasteiger partial charge in [-0.2, -0.15) is 0 Å². The molecule has 2 rings (SSSR count). The van der Waals surface area contributed by atoms with Crippen LogP contribution >= 0.6 is 0 Å². The molecule has 0 amide bonds. The minimum atomic E-state index is -0.0758. The van der Waals surface area contributed by atoms with Gasteiger partial charge in [0, 0.05) is 5.39 Å². The van der Waals surface area contributed by atoms with Crippen molar-refractivity contribution in [3.8, 4) is 5.75 Å². The van der Waals surface area contributed by atoms with E-state index in [0.29, 0.717) is 11.1 Å². The van der Waals surface area contributed by atoms with Crippen LogP contribution in [-0.2, 0) is 5.11 Å². The molecule has 2 aromatic rings. The van der Waals surface area contributed by atoms with Gasteiger partial charge in [-0.05, 0) is 11.5 Å². The fraction of sp³-hybridized carbons (Fsp3) is 0. The Labute approximate surface area is 70.2 Å². The van der Waals surface area contributed by atoms with Gasteiger partial charge in [0.05, 0.1) is 5.69 Å². The summed E-state index contributed by atoms with van der Waals surface area (Å²) in [7, 11) is 0. The van der Waals surface area contributed by atoms with Gasteiger partial charge in [-0.1, -0.05) is 30.3 Å². The van der Waals surface area contributed by atoms with Gasteiger partial charge in [-0.25, -0.2) is 0 Å². The van der Waals surface area contributed by atoms with Crippen LogP contribution in [0.1, 0.15) is 0 Å². The molecule has 0 saturated carbocycles. The first-order valence-corrected chi connectivity index (χ1v) is 3.73. The number of anilines is 1. The zero-order valence-electron chi connectivity index (χ0n) is 6.45. The van der Waals surface area contributed by atoms with Gasteiger partial charge in [0.15, 0.2) is 0 Å². The van der Waals surface area contributed by atoms with Crippen LogP contribution in [0.25, 0.3) is 10.8 Å². The molecule has 0 atom stereocenters. The molecule has 2 nitrogen and oxygen atoms in total. The standard InChI is InChI=1S/C10H8NO/c11-9-6-5-7-3-1-2-4-8(7)10(9)12/h1-6H,11H2. The van der Waals surface area contributed by atoms with Gasteiger partial charge in [-0.15, -0.1) is 0 Å². The average Bonchev–Trinajstić information content (AvgIpc) is 2.12. The first-order valence-electron chi connectivity index (χ1n) is 3.73. The van der Waals surface area contributed by atoms with E-state index in [0.717, 1.165) is 5.39 Å². The van der Waals surface area contributed by atoms with E-state index in [1.807, 2.05) is 24.3 Å². The molecule has 0 aliphatic heterocycles. The van der Waals surface area contributed by atoms with E-state index in [2.05, 4.69) is 0 Å². The van der Waals surface area contributed by atoms with Crippen LogP contribution in [0.3, 0.4) is 0 Å². The second-order valence-electron chi connectivity index (χ2n) is 2.71. The topological polar surface area (TPSA) is 45.9 Å². The van der Waals surface area contributed by atoms with Crippen molar-refractivity contribution < 1.29 is 5.11 Å². The number of fused-ring (bicyclic) bond motifs is 1. The van der Waals surface area contributed by atoms with Crippen LogP contribution in [0, 0.1) is 0 Å². The minimum Gasteiger partial charge on any atom is -0.396 e. The fourth-order valence-corrected chi connectivity index (χ4v) is 1.26. The predicted molar refractivity (Wildman–Crippen MR) is 48.5 cm³/mol. The average molecular weight is 158 g/mol. The summed E-state index contributed by atoms with van der Waals surface area (Å²) in [6, 6.07) is 10.9. The summed E-state index contributed by atoms with van der Waals surface area (Å²) in [4.78, 5) is 0. The highest BCUT2D eigenvalue weighted by atomic mass is 16.3. The lowest BCUT2D eigenvalue weighted by Crippen LogP contribution is -1.84.